The Bertz CT molecular complexity index is 593. The van der Waals surface area contributed by atoms with Crippen LogP contribution in [0.4, 0.5) is 14.5 Å². The van der Waals surface area contributed by atoms with Crippen LogP contribution in [0.2, 0.25) is 5.15 Å². The van der Waals surface area contributed by atoms with Gasteiger partial charge < -0.3 is 5.32 Å². The summed E-state index contributed by atoms with van der Waals surface area (Å²) in [4.78, 5) is 19.8. The maximum Gasteiger partial charge on any atom is 0.288 e. The number of hydrogen-bond donors (Lipinski definition) is 1. The number of benzene rings is 1. The monoisotopic (exact) mass is 315 g/mol. The number of hydrogen-bond acceptors (Lipinski definition) is 4. The zero-order valence-corrected chi connectivity index (χ0v) is 11.5. The molecule has 2 aromatic rings. The number of aromatic nitrogens is 2. The van der Waals surface area contributed by atoms with E-state index in [0.29, 0.717) is 22.3 Å². The molecule has 1 amide bonds. The van der Waals surface area contributed by atoms with Gasteiger partial charge >= 0.3 is 0 Å². The van der Waals surface area contributed by atoms with E-state index in [-0.39, 0.29) is 10.8 Å². The van der Waals surface area contributed by atoms with Gasteiger partial charge in [-0.25, -0.2) is 9.97 Å². The van der Waals surface area contributed by atoms with Crippen LogP contribution in [0.15, 0.2) is 41.6 Å². The van der Waals surface area contributed by atoms with E-state index in [0.717, 1.165) is 0 Å². The van der Waals surface area contributed by atoms with Crippen molar-refractivity contribution in [2.45, 2.75) is 10.7 Å². The largest absolute Gasteiger partial charge is 0.321 e. The normalized spacial score (nSPS) is 10.6. The molecule has 0 saturated carbocycles. The summed E-state index contributed by atoms with van der Waals surface area (Å²) in [5.74, 6) is -2.93. The first-order chi connectivity index (χ1) is 9.54. The molecule has 1 aromatic carbocycles. The Morgan fingerprint density at radius 2 is 1.90 bits per heavy atom. The quantitative estimate of drug-likeness (QED) is 0.874. The van der Waals surface area contributed by atoms with Crippen molar-refractivity contribution >= 4 is 35.0 Å². The molecule has 0 aliphatic carbocycles. The minimum Gasteiger partial charge on any atom is -0.321 e. The number of anilines is 1. The van der Waals surface area contributed by atoms with Crippen molar-refractivity contribution < 1.29 is 13.6 Å². The fourth-order valence-corrected chi connectivity index (χ4v) is 1.94. The van der Waals surface area contributed by atoms with E-state index >= 15 is 0 Å². The fraction of sp³-hybridized carbons (Fsp3) is 0.0833. The number of rotatable bonds is 4. The van der Waals surface area contributed by atoms with Gasteiger partial charge in [-0.1, -0.05) is 23.4 Å². The molecule has 2 rings (SSSR count). The second-order valence-electron chi connectivity index (χ2n) is 3.58. The van der Waals surface area contributed by atoms with Crippen LogP contribution in [0.5, 0.6) is 0 Å². The predicted molar refractivity (Wildman–Crippen MR) is 73.3 cm³/mol. The Labute approximate surface area is 122 Å². The summed E-state index contributed by atoms with van der Waals surface area (Å²) in [5, 5.41) is 2.77. The van der Waals surface area contributed by atoms with Crippen LogP contribution in [0.25, 0.3) is 0 Å². The van der Waals surface area contributed by atoms with Gasteiger partial charge in [0.15, 0.2) is 0 Å². The van der Waals surface area contributed by atoms with E-state index in [2.05, 4.69) is 15.3 Å². The van der Waals surface area contributed by atoms with Gasteiger partial charge in [-0.15, -0.1) is 0 Å². The van der Waals surface area contributed by atoms with E-state index in [1.165, 1.54) is 36.7 Å². The third-order valence-corrected chi connectivity index (χ3v) is 3.11. The lowest BCUT2D eigenvalue weighted by Gasteiger charge is -2.05. The van der Waals surface area contributed by atoms with Crippen LogP contribution in [0.1, 0.15) is 10.5 Å². The third kappa shape index (κ3) is 4.14. The highest BCUT2D eigenvalue weighted by atomic mass is 35.5. The lowest BCUT2D eigenvalue weighted by Crippen LogP contribution is -2.13. The Morgan fingerprint density at radius 3 is 2.45 bits per heavy atom. The van der Waals surface area contributed by atoms with Crippen molar-refractivity contribution in [1.29, 1.82) is 0 Å². The number of alkyl halides is 2. The van der Waals surface area contributed by atoms with Gasteiger partial charge in [-0.3, -0.25) is 4.79 Å². The first kappa shape index (κ1) is 14.7. The highest BCUT2D eigenvalue weighted by Crippen LogP contribution is 2.26. The standard InChI is InChI=1S/C12H8ClF2N3OS/c13-10-6-16-9(5-17-10)11(19)18-7-1-3-8(4-2-7)20-12(14)15/h1-6,12H,(H,18,19). The van der Waals surface area contributed by atoms with Crippen molar-refractivity contribution in [3.05, 3.63) is 47.5 Å². The van der Waals surface area contributed by atoms with Crippen LogP contribution >= 0.6 is 23.4 Å². The van der Waals surface area contributed by atoms with E-state index in [1.807, 2.05) is 0 Å². The van der Waals surface area contributed by atoms with E-state index in [9.17, 15) is 13.6 Å². The molecule has 0 radical (unpaired) electrons. The van der Waals surface area contributed by atoms with Crippen LogP contribution in [0, 0.1) is 0 Å². The molecular weight excluding hydrogens is 308 g/mol. The Balaban J connectivity index is 2.02. The molecule has 1 heterocycles. The zero-order chi connectivity index (χ0) is 14.5. The number of halogens is 3. The average Bonchev–Trinajstić information content (AvgIpc) is 2.41. The Kier molecular flexibility index (Phi) is 4.86. The van der Waals surface area contributed by atoms with Crippen LogP contribution in [0.3, 0.4) is 0 Å². The first-order valence-electron chi connectivity index (χ1n) is 5.38. The number of carbonyl (C=O) groups is 1. The highest BCUT2D eigenvalue weighted by Gasteiger charge is 2.09. The Morgan fingerprint density at radius 1 is 1.20 bits per heavy atom. The van der Waals surface area contributed by atoms with Crippen molar-refractivity contribution in [2.75, 3.05) is 5.32 Å². The fourth-order valence-electron chi connectivity index (χ4n) is 1.34. The van der Waals surface area contributed by atoms with Crippen molar-refractivity contribution in [3.8, 4) is 0 Å². The van der Waals surface area contributed by atoms with Gasteiger partial charge in [0.2, 0.25) is 0 Å². The number of thioether (sulfide) groups is 1. The van der Waals surface area contributed by atoms with Crippen LogP contribution in [-0.2, 0) is 0 Å². The SMILES string of the molecule is O=C(Nc1ccc(SC(F)F)cc1)c1cnc(Cl)cn1. The summed E-state index contributed by atoms with van der Waals surface area (Å²) < 4.78 is 24.3. The Hall–Kier alpha value is -1.73. The molecule has 104 valence electrons. The molecule has 0 saturated heterocycles. The number of nitrogens with zero attached hydrogens (tertiary/aromatic N) is 2. The maximum absolute atomic E-state index is 12.2. The van der Waals surface area contributed by atoms with Crippen molar-refractivity contribution in [2.24, 2.45) is 0 Å². The molecule has 0 unspecified atom stereocenters. The maximum atomic E-state index is 12.2. The van der Waals surface area contributed by atoms with Gasteiger partial charge in [-0.2, -0.15) is 8.78 Å². The van der Waals surface area contributed by atoms with Gasteiger partial charge in [0, 0.05) is 10.6 Å². The summed E-state index contributed by atoms with van der Waals surface area (Å²) >= 11 is 6.01. The van der Waals surface area contributed by atoms with Gasteiger partial charge in [0.1, 0.15) is 10.8 Å². The second kappa shape index (κ2) is 6.62. The molecule has 0 spiro atoms. The minimum absolute atomic E-state index is 0.112. The van der Waals surface area contributed by atoms with Gasteiger partial charge in [0.05, 0.1) is 12.4 Å². The van der Waals surface area contributed by atoms with Crippen LogP contribution < -0.4 is 5.32 Å². The van der Waals surface area contributed by atoms with E-state index in [1.54, 1.807) is 0 Å². The molecule has 0 aliphatic heterocycles. The van der Waals surface area contributed by atoms with Crippen molar-refractivity contribution in [3.63, 3.8) is 0 Å². The summed E-state index contributed by atoms with van der Waals surface area (Å²) in [6, 6.07) is 6.07. The first-order valence-corrected chi connectivity index (χ1v) is 6.64. The molecule has 4 nitrogen and oxygen atoms in total. The predicted octanol–water partition coefficient (Wildman–Crippen LogP) is 3.70. The van der Waals surface area contributed by atoms with E-state index < -0.39 is 11.7 Å². The lowest BCUT2D eigenvalue weighted by atomic mass is 10.3. The summed E-state index contributed by atoms with van der Waals surface area (Å²) in [5.41, 5.74) is 0.589. The summed E-state index contributed by atoms with van der Waals surface area (Å²) in [6.07, 6.45) is 2.51. The molecule has 0 aliphatic rings. The molecule has 1 N–H and O–H groups in total. The number of nitrogens with one attached hydrogen (secondary N) is 1. The smallest absolute Gasteiger partial charge is 0.288 e. The third-order valence-electron chi connectivity index (χ3n) is 2.19. The summed E-state index contributed by atoms with van der Waals surface area (Å²) in [7, 11) is 0. The molecule has 8 heteroatoms. The van der Waals surface area contributed by atoms with Crippen molar-refractivity contribution in [1.82, 2.24) is 9.97 Å². The highest BCUT2D eigenvalue weighted by molar-refractivity contribution is 7.99. The molecular formula is C12H8ClF2N3OS. The topological polar surface area (TPSA) is 54.9 Å². The number of amides is 1. The second-order valence-corrected chi connectivity index (χ2v) is 5.03. The van der Waals surface area contributed by atoms with Gasteiger partial charge in [-0.05, 0) is 24.3 Å². The average molecular weight is 316 g/mol. The van der Waals surface area contributed by atoms with Crippen LogP contribution in [-0.4, -0.2) is 21.6 Å². The number of carbonyl (C=O) groups excluding carboxylic acids is 1. The molecule has 1 aromatic heterocycles. The zero-order valence-electron chi connectivity index (χ0n) is 9.89. The van der Waals surface area contributed by atoms with Gasteiger partial charge in [0.25, 0.3) is 11.7 Å². The molecule has 20 heavy (non-hydrogen) atoms. The molecule has 0 fully saturated rings. The molecule has 0 bridgehead atoms. The van der Waals surface area contributed by atoms with E-state index in [4.69, 9.17) is 11.6 Å². The molecule has 0 atom stereocenters. The summed E-state index contributed by atoms with van der Waals surface area (Å²) in [6.45, 7) is 0. The lowest BCUT2D eigenvalue weighted by molar-refractivity contribution is 0.102. The minimum atomic E-state index is -2.47.